The molecular weight excluding hydrogens is 370 g/mol. The average molecular weight is 390 g/mol. The Morgan fingerprint density at radius 2 is 2.27 bits per heavy atom. The van der Waals surface area contributed by atoms with Gasteiger partial charge in [-0.05, 0) is 25.0 Å². The SMILES string of the molecule is CN(C(=O)c1cnn(C)c1)C1CCCN(c2nc3c(Cl)cccc3s2)C1. The number of rotatable bonds is 3. The lowest BCUT2D eigenvalue weighted by molar-refractivity contribution is 0.0717. The van der Waals surface area contributed by atoms with Crippen molar-refractivity contribution in [2.24, 2.45) is 7.05 Å². The highest BCUT2D eigenvalue weighted by Gasteiger charge is 2.28. The molecule has 0 radical (unpaired) electrons. The van der Waals surface area contributed by atoms with E-state index in [4.69, 9.17) is 16.6 Å². The number of thiazole rings is 1. The van der Waals surface area contributed by atoms with E-state index in [2.05, 4.69) is 10.00 Å². The number of anilines is 1. The van der Waals surface area contributed by atoms with Gasteiger partial charge in [-0.2, -0.15) is 5.10 Å². The third-order valence-electron chi connectivity index (χ3n) is 4.85. The zero-order valence-corrected chi connectivity index (χ0v) is 16.3. The van der Waals surface area contributed by atoms with Crippen LogP contribution in [0.2, 0.25) is 5.02 Å². The second-order valence-electron chi connectivity index (χ2n) is 6.64. The van der Waals surface area contributed by atoms with Crippen molar-refractivity contribution < 1.29 is 4.79 Å². The van der Waals surface area contributed by atoms with Gasteiger partial charge in [0, 0.05) is 39.4 Å². The standard InChI is InChI=1S/C18H20ClN5OS/c1-22-10-12(9-20-22)17(25)23(2)13-5-4-8-24(11-13)18-21-16-14(19)6-3-7-15(16)26-18/h3,6-7,9-10,13H,4-5,8,11H2,1-2H3. The molecule has 1 unspecified atom stereocenters. The van der Waals surface area contributed by atoms with Gasteiger partial charge < -0.3 is 9.80 Å². The lowest BCUT2D eigenvalue weighted by atomic mass is 10.0. The first-order valence-corrected chi connectivity index (χ1v) is 9.78. The van der Waals surface area contributed by atoms with Crippen LogP contribution < -0.4 is 4.90 Å². The summed E-state index contributed by atoms with van der Waals surface area (Å²) in [5, 5.41) is 5.75. The fourth-order valence-corrected chi connectivity index (χ4v) is 4.68. The number of aryl methyl sites for hydroxylation is 1. The Bertz CT molecular complexity index is 952. The largest absolute Gasteiger partial charge is 0.346 e. The van der Waals surface area contributed by atoms with E-state index < -0.39 is 0 Å². The molecule has 0 aliphatic carbocycles. The van der Waals surface area contributed by atoms with Gasteiger partial charge in [-0.15, -0.1) is 0 Å². The van der Waals surface area contributed by atoms with Crippen molar-refractivity contribution in [1.29, 1.82) is 0 Å². The number of aromatic nitrogens is 3. The Kier molecular flexibility index (Phi) is 4.58. The molecule has 26 heavy (non-hydrogen) atoms. The number of hydrogen-bond acceptors (Lipinski definition) is 5. The summed E-state index contributed by atoms with van der Waals surface area (Å²) in [6.07, 6.45) is 5.40. The Balaban J connectivity index is 1.53. The second-order valence-corrected chi connectivity index (χ2v) is 8.06. The molecule has 1 aliphatic rings. The molecule has 4 rings (SSSR count). The van der Waals surface area contributed by atoms with Gasteiger partial charge in [-0.3, -0.25) is 9.48 Å². The highest BCUT2D eigenvalue weighted by Crippen LogP contribution is 2.34. The van der Waals surface area contributed by atoms with Gasteiger partial charge in [-0.25, -0.2) is 4.98 Å². The minimum absolute atomic E-state index is 0.0114. The number of halogens is 1. The highest BCUT2D eigenvalue weighted by molar-refractivity contribution is 7.22. The van der Waals surface area contributed by atoms with Gasteiger partial charge in [-0.1, -0.05) is 29.0 Å². The highest BCUT2D eigenvalue weighted by atomic mass is 35.5. The molecule has 0 spiro atoms. The summed E-state index contributed by atoms with van der Waals surface area (Å²) in [6, 6.07) is 6.01. The quantitative estimate of drug-likeness (QED) is 0.688. The van der Waals surface area contributed by atoms with Crippen LogP contribution in [0.3, 0.4) is 0 Å². The van der Waals surface area contributed by atoms with Crippen molar-refractivity contribution in [1.82, 2.24) is 19.7 Å². The first-order chi connectivity index (χ1) is 12.5. The Labute approximate surface area is 161 Å². The van der Waals surface area contributed by atoms with E-state index in [-0.39, 0.29) is 11.9 Å². The summed E-state index contributed by atoms with van der Waals surface area (Å²) in [5.41, 5.74) is 1.48. The Hall–Kier alpha value is -2.12. The number of piperidine rings is 1. The van der Waals surface area contributed by atoms with Crippen LogP contribution in [0, 0.1) is 0 Å². The molecule has 1 aromatic carbocycles. The minimum Gasteiger partial charge on any atom is -0.346 e. The number of fused-ring (bicyclic) bond motifs is 1. The fraction of sp³-hybridized carbons (Fsp3) is 0.389. The van der Waals surface area contributed by atoms with Gasteiger partial charge in [0.25, 0.3) is 5.91 Å². The molecule has 1 fully saturated rings. The number of benzene rings is 1. The second kappa shape index (κ2) is 6.89. The summed E-state index contributed by atoms with van der Waals surface area (Å²) >= 11 is 7.92. The van der Waals surface area contributed by atoms with Crippen LogP contribution in [-0.2, 0) is 7.05 Å². The van der Waals surface area contributed by atoms with Crippen molar-refractivity contribution >= 4 is 44.2 Å². The van der Waals surface area contributed by atoms with E-state index in [1.807, 2.05) is 37.2 Å². The van der Waals surface area contributed by atoms with Crippen molar-refractivity contribution in [2.45, 2.75) is 18.9 Å². The third-order valence-corrected chi connectivity index (χ3v) is 6.23. The summed E-state index contributed by atoms with van der Waals surface area (Å²) in [6.45, 7) is 1.73. The van der Waals surface area contributed by atoms with Gasteiger partial charge >= 0.3 is 0 Å². The molecule has 6 nitrogen and oxygen atoms in total. The van der Waals surface area contributed by atoms with Crippen LogP contribution in [0.4, 0.5) is 5.13 Å². The lowest BCUT2D eigenvalue weighted by Gasteiger charge is -2.37. The van der Waals surface area contributed by atoms with E-state index in [0.717, 1.165) is 41.3 Å². The molecule has 0 N–H and O–H groups in total. The van der Waals surface area contributed by atoms with Crippen LogP contribution in [-0.4, -0.2) is 51.8 Å². The van der Waals surface area contributed by atoms with Crippen LogP contribution in [0.15, 0.2) is 30.6 Å². The topological polar surface area (TPSA) is 54.3 Å². The maximum Gasteiger partial charge on any atom is 0.257 e. The lowest BCUT2D eigenvalue weighted by Crippen LogP contribution is -2.48. The summed E-state index contributed by atoms with van der Waals surface area (Å²) in [7, 11) is 3.69. The zero-order chi connectivity index (χ0) is 18.3. The van der Waals surface area contributed by atoms with Gasteiger partial charge in [0.15, 0.2) is 5.13 Å². The molecule has 0 bridgehead atoms. The number of carbonyl (C=O) groups is 1. The van der Waals surface area contributed by atoms with Crippen LogP contribution in [0.1, 0.15) is 23.2 Å². The van der Waals surface area contributed by atoms with E-state index in [9.17, 15) is 4.79 Å². The number of nitrogens with zero attached hydrogens (tertiary/aromatic N) is 5. The predicted octanol–water partition coefficient (Wildman–Crippen LogP) is 3.42. The summed E-state index contributed by atoms with van der Waals surface area (Å²) < 4.78 is 2.74. The first kappa shape index (κ1) is 17.3. The van der Waals surface area contributed by atoms with Crippen LogP contribution in [0.25, 0.3) is 10.2 Å². The van der Waals surface area contributed by atoms with E-state index >= 15 is 0 Å². The number of hydrogen-bond donors (Lipinski definition) is 0. The van der Waals surface area contributed by atoms with Gasteiger partial charge in [0.1, 0.15) is 5.52 Å². The molecule has 1 saturated heterocycles. The van der Waals surface area contributed by atoms with Crippen molar-refractivity contribution in [3.8, 4) is 0 Å². The van der Waals surface area contributed by atoms with Crippen molar-refractivity contribution in [3.63, 3.8) is 0 Å². The maximum absolute atomic E-state index is 12.7. The number of amides is 1. The molecule has 1 amide bonds. The molecular formula is C18H20ClN5OS. The first-order valence-electron chi connectivity index (χ1n) is 8.59. The third kappa shape index (κ3) is 3.17. The van der Waals surface area contributed by atoms with E-state index in [1.165, 1.54) is 0 Å². The molecule has 8 heteroatoms. The van der Waals surface area contributed by atoms with E-state index in [1.54, 1.807) is 28.4 Å². The summed E-state index contributed by atoms with van der Waals surface area (Å²) in [5.74, 6) is 0.0114. The molecule has 1 atom stereocenters. The fourth-order valence-electron chi connectivity index (χ4n) is 3.38. The number of likely N-dealkylation sites (N-methyl/N-ethyl adjacent to an activating group) is 1. The van der Waals surface area contributed by atoms with Crippen LogP contribution >= 0.6 is 22.9 Å². The van der Waals surface area contributed by atoms with E-state index in [0.29, 0.717) is 10.6 Å². The smallest absolute Gasteiger partial charge is 0.257 e. The predicted molar refractivity (Wildman–Crippen MR) is 105 cm³/mol. The van der Waals surface area contributed by atoms with Gasteiger partial charge in [0.2, 0.25) is 0 Å². The maximum atomic E-state index is 12.7. The van der Waals surface area contributed by atoms with Gasteiger partial charge in [0.05, 0.1) is 21.5 Å². The Morgan fingerprint density at radius 3 is 3.00 bits per heavy atom. The minimum atomic E-state index is 0.0114. The normalized spacial score (nSPS) is 17.7. The monoisotopic (exact) mass is 389 g/mol. The Morgan fingerprint density at radius 1 is 1.42 bits per heavy atom. The van der Waals surface area contributed by atoms with Crippen molar-refractivity contribution in [2.75, 3.05) is 25.0 Å². The molecule has 1 aliphatic heterocycles. The number of carbonyl (C=O) groups excluding carboxylic acids is 1. The zero-order valence-electron chi connectivity index (χ0n) is 14.7. The van der Waals surface area contributed by atoms with Crippen LogP contribution in [0.5, 0.6) is 0 Å². The molecule has 0 saturated carbocycles. The molecule has 3 heterocycles. The van der Waals surface area contributed by atoms with Crippen molar-refractivity contribution in [3.05, 3.63) is 41.2 Å². The molecule has 2 aromatic heterocycles. The summed E-state index contributed by atoms with van der Waals surface area (Å²) in [4.78, 5) is 21.5. The molecule has 3 aromatic rings. The molecule has 136 valence electrons. The number of para-hydroxylation sites is 1. The average Bonchev–Trinajstić information content (AvgIpc) is 3.28.